The predicted octanol–water partition coefficient (Wildman–Crippen LogP) is 4.10. The molecule has 0 saturated carbocycles. The number of nitrogens with one attached hydrogen (secondary N) is 1. The molecule has 2 rings (SSSR count). The molecule has 1 saturated heterocycles. The molecule has 10 nitrogen and oxygen atoms in total. The van der Waals surface area contributed by atoms with Crippen LogP contribution in [-0.4, -0.2) is 62.9 Å². The first-order valence-electron chi connectivity index (χ1n) is 12.8. The quantitative estimate of drug-likeness (QED) is 0.319. The first-order valence-corrected chi connectivity index (χ1v) is 12.8. The van der Waals surface area contributed by atoms with Crippen molar-refractivity contribution < 1.29 is 42.8 Å². The number of carbonyl (C=O) groups excluding carboxylic acids is 3. The highest BCUT2D eigenvalue weighted by Gasteiger charge is 2.31. The number of alkyl carbamates (subject to hydrolysis) is 1. The van der Waals surface area contributed by atoms with Gasteiger partial charge in [0.2, 0.25) is 6.79 Å². The van der Waals surface area contributed by atoms with Crippen LogP contribution in [-0.2, 0) is 28.5 Å². The number of benzene rings is 1. The number of carbonyl (C=O) groups is 3. The summed E-state index contributed by atoms with van der Waals surface area (Å²) in [5, 5.41) is 2.59. The molecule has 1 aliphatic rings. The molecule has 1 aromatic carbocycles. The van der Waals surface area contributed by atoms with E-state index in [1.54, 1.807) is 20.8 Å². The van der Waals surface area contributed by atoms with Gasteiger partial charge in [-0.1, -0.05) is 26.0 Å². The number of esters is 2. The van der Waals surface area contributed by atoms with E-state index in [1.807, 2.05) is 45.0 Å². The first-order chi connectivity index (χ1) is 17.5. The third-order valence-electron chi connectivity index (χ3n) is 5.65. The van der Waals surface area contributed by atoms with E-state index < -0.39 is 42.3 Å². The fourth-order valence-electron chi connectivity index (χ4n) is 3.71. The van der Waals surface area contributed by atoms with Crippen molar-refractivity contribution in [2.75, 3.05) is 33.2 Å². The number of para-hydroxylation sites is 2. The van der Waals surface area contributed by atoms with E-state index in [0.29, 0.717) is 37.6 Å². The highest BCUT2D eigenvalue weighted by molar-refractivity contribution is 5.75. The number of hydrogen-bond donors (Lipinski definition) is 1. The Kier molecular flexibility index (Phi) is 12.0. The summed E-state index contributed by atoms with van der Waals surface area (Å²) in [6, 6.07) is 7.38. The van der Waals surface area contributed by atoms with Crippen LogP contribution < -0.4 is 14.8 Å². The molecule has 10 heteroatoms. The van der Waals surface area contributed by atoms with E-state index in [4.69, 9.17) is 28.4 Å². The topological polar surface area (TPSA) is 119 Å². The molecule has 0 aliphatic carbocycles. The Morgan fingerprint density at radius 3 is 2.38 bits per heavy atom. The van der Waals surface area contributed by atoms with Crippen LogP contribution in [0, 0.1) is 17.8 Å². The Balaban J connectivity index is 1.77. The summed E-state index contributed by atoms with van der Waals surface area (Å²) >= 11 is 0. The van der Waals surface area contributed by atoms with Crippen molar-refractivity contribution in [3.8, 4) is 11.5 Å². The van der Waals surface area contributed by atoms with Crippen molar-refractivity contribution in [3.63, 3.8) is 0 Å². The lowest BCUT2D eigenvalue weighted by molar-refractivity contribution is -0.176. The van der Waals surface area contributed by atoms with Crippen LogP contribution in [0.25, 0.3) is 0 Å². The van der Waals surface area contributed by atoms with Crippen LogP contribution in [0.2, 0.25) is 0 Å². The van der Waals surface area contributed by atoms with Crippen molar-refractivity contribution in [1.29, 1.82) is 0 Å². The van der Waals surface area contributed by atoms with E-state index >= 15 is 0 Å². The summed E-state index contributed by atoms with van der Waals surface area (Å²) in [4.78, 5) is 37.0. The zero-order chi connectivity index (χ0) is 27.4. The van der Waals surface area contributed by atoms with Crippen molar-refractivity contribution >= 4 is 18.0 Å². The molecule has 0 spiro atoms. The normalized spacial score (nSPS) is 18.5. The maximum Gasteiger partial charge on any atom is 0.407 e. The van der Waals surface area contributed by atoms with Crippen LogP contribution in [0.1, 0.15) is 54.4 Å². The van der Waals surface area contributed by atoms with Gasteiger partial charge in [-0.05, 0) is 58.6 Å². The largest absolute Gasteiger partial charge is 0.490 e. The van der Waals surface area contributed by atoms with Crippen LogP contribution in [0.15, 0.2) is 24.3 Å². The Bertz CT molecular complexity index is 881. The van der Waals surface area contributed by atoms with Gasteiger partial charge in [0.25, 0.3) is 0 Å². The van der Waals surface area contributed by atoms with E-state index in [0.717, 1.165) is 0 Å². The predicted molar refractivity (Wildman–Crippen MR) is 135 cm³/mol. The lowest BCUT2D eigenvalue weighted by atomic mass is 9.96. The minimum atomic E-state index is -0.643. The highest BCUT2D eigenvalue weighted by Crippen LogP contribution is 2.28. The summed E-state index contributed by atoms with van der Waals surface area (Å²) in [5.41, 5.74) is -0.643. The number of amides is 1. The third kappa shape index (κ3) is 10.9. The van der Waals surface area contributed by atoms with Crippen molar-refractivity contribution in [3.05, 3.63) is 24.3 Å². The Morgan fingerprint density at radius 2 is 1.76 bits per heavy atom. The van der Waals surface area contributed by atoms with Gasteiger partial charge in [-0.15, -0.1) is 0 Å². The molecule has 1 aromatic rings. The zero-order valence-corrected chi connectivity index (χ0v) is 22.7. The average Bonchev–Trinajstić information content (AvgIpc) is 2.82. The maximum absolute atomic E-state index is 12.6. The van der Waals surface area contributed by atoms with Crippen molar-refractivity contribution in [2.24, 2.45) is 17.8 Å². The molecule has 37 heavy (non-hydrogen) atoms. The molecular formula is C27H41NO9. The van der Waals surface area contributed by atoms with E-state index in [2.05, 4.69) is 5.32 Å². The summed E-state index contributed by atoms with van der Waals surface area (Å²) < 4.78 is 32.8. The fourth-order valence-corrected chi connectivity index (χ4v) is 3.71. The van der Waals surface area contributed by atoms with Gasteiger partial charge in [0.15, 0.2) is 11.5 Å². The van der Waals surface area contributed by atoms with Gasteiger partial charge >= 0.3 is 18.0 Å². The number of rotatable bonds is 12. The third-order valence-corrected chi connectivity index (χ3v) is 5.65. The monoisotopic (exact) mass is 523 g/mol. The Labute approximate surface area is 219 Å². The Morgan fingerprint density at radius 1 is 1.08 bits per heavy atom. The van der Waals surface area contributed by atoms with Crippen LogP contribution in [0.4, 0.5) is 4.79 Å². The van der Waals surface area contributed by atoms with Crippen LogP contribution in [0.3, 0.4) is 0 Å². The van der Waals surface area contributed by atoms with Gasteiger partial charge in [-0.3, -0.25) is 9.59 Å². The van der Waals surface area contributed by atoms with Crippen molar-refractivity contribution in [2.45, 2.75) is 66.1 Å². The molecule has 1 N–H and O–H groups in total. The second-order valence-corrected chi connectivity index (χ2v) is 10.2. The van der Waals surface area contributed by atoms with Crippen LogP contribution >= 0.6 is 0 Å². The number of hydrogen-bond acceptors (Lipinski definition) is 9. The first kappa shape index (κ1) is 30.2. The maximum atomic E-state index is 12.6. The highest BCUT2D eigenvalue weighted by atomic mass is 16.7. The van der Waals surface area contributed by atoms with E-state index in [9.17, 15) is 14.4 Å². The van der Waals surface area contributed by atoms with Gasteiger partial charge in [0.05, 0.1) is 24.5 Å². The SMILES string of the molecule is CCOc1ccccc1OCC1CC(C(=O)OCOC(=O)C(CNC(=O)OC(C)(C)C)C(C)C)CCO1. The number of ether oxygens (including phenoxy) is 6. The standard InChI is InChI=1S/C27H41NO9/c1-7-32-22-10-8-9-11-23(22)34-16-20-14-19(12-13-33-20)24(29)35-17-36-25(30)21(18(2)3)15-28-26(31)37-27(4,5)6/h8-11,18-21H,7,12-17H2,1-6H3,(H,28,31). The van der Waals surface area contributed by atoms with E-state index in [1.165, 1.54) is 0 Å². The summed E-state index contributed by atoms with van der Waals surface area (Å²) in [6.45, 7) is 11.6. The summed E-state index contributed by atoms with van der Waals surface area (Å²) in [5.74, 6) is -0.866. The zero-order valence-electron chi connectivity index (χ0n) is 22.7. The molecule has 3 atom stereocenters. The molecule has 0 aromatic heterocycles. The van der Waals surface area contributed by atoms with Gasteiger partial charge in [0, 0.05) is 13.2 Å². The lowest BCUT2D eigenvalue weighted by Crippen LogP contribution is -2.39. The molecule has 0 bridgehead atoms. The molecule has 0 radical (unpaired) electrons. The molecule has 208 valence electrons. The molecule has 1 amide bonds. The second kappa shape index (κ2) is 14.7. The Hall–Kier alpha value is -3.01. The van der Waals surface area contributed by atoms with Gasteiger partial charge < -0.3 is 33.7 Å². The average molecular weight is 524 g/mol. The minimum Gasteiger partial charge on any atom is -0.490 e. The molecule has 1 heterocycles. The summed E-state index contributed by atoms with van der Waals surface area (Å²) in [6.07, 6.45) is 0.0372. The van der Waals surface area contributed by atoms with Gasteiger partial charge in [-0.2, -0.15) is 0 Å². The molecule has 3 unspecified atom stereocenters. The van der Waals surface area contributed by atoms with Gasteiger partial charge in [0.1, 0.15) is 12.2 Å². The summed E-state index contributed by atoms with van der Waals surface area (Å²) in [7, 11) is 0. The van der Waals surface area contributed by atoms with Gasteiger partial charge in [-0.25, -0.2) is 4.79 Å². The molecule has 1 fully saturated rings. The second-order valence-electron chi connectivity index (χ2n) is 10.2. The molecule has 1 aliphatic heterocycles. The van der Waals surface area contributed by atoms with Crippen molar-refractivity contribution in [1.82, 2.24) is 5.32 Å². The van der Waals surface area contributed by atoms with E-state index in [-0.39, 0.29) is 25.2 Å². The minimum absolute atomic E-state index is 0.0490. The smallest absolute Gasteiger partial charge is 0.407 e. The molecular weight excluding hydrogens is 482 g/mol. The van der Waals surface area contributed by atoms with Crippen LogP contribution in [0.5, 0.6) is 11.5 Å². The lowest BCUT2D eigenvalue weighted by Gasteiger charge is -2.28. The fraction of sp³-hybridized carbons (Fsp3) is 0.667.